The molecule has 0 spiro atoms. The molecule has 0 saturated carbocycles. The monoisotopic (exact) mass is 314 g/mol. The van der Waals surface area contributed by atoms with Crippen molar-refractivity contribution in [2.24, 2.45) is 0 Å². The van der Waals surface area contributed by atoms with Crippen LogP contribution in [0.2, 0.25) is 0 Å². The molecule has 8 heteroatoms. The van der Waals surface area contributed by atoms with Gasteiger partial charge in [-0.15, -0.1) is 0 Å². The van der Waals surface area contributed by atoms with Crippen LogP contribution in [0.25, 0.3) is 0 Å². The number of rotatable bonds is 4. The van der Waals surface area contributed by atoms with Crippen LogP contribution in [0.1, 0.15) is 36.2 Å². The fourth-order valence-electron chi connectivity index (χ4n) is 3.11. The molecule has 2 fully saturated rings. The van der Waals surface area contributed by atoms with Crippen LogP contribution in [0, 0.1) is 0 Å². The highest BCUT2D eigenvalue weighted by atomic mass is 32.2. The van der Waals surface area contributed by atoms with E-state index in [0.717, 1.165) is 25.7 Å². The predicted octanol–water partition coefficient (Wildman–Crippen LogP) is 0.627. The van der Waals surface area contributed by atoms with Crippen LogP contribution in [-0.4, -0.2) is 39.6 Å². The van der Waals surface area contributed by atoms with E-state index in [-0.39, 0.29) is 16.9 Å². The number of hydrogen-bond donors (Lipinski definition) is 2. The molecule has 2 unspecified atom stereocenters. The lowest BCUT2D eigenvalue weighted by Gasteiger charge is -2.29. The van der Waals surface area contributed by atoms with E-state index >= 15 is 0 Å². The van der Waals surface area contributed by atoms with Gasteiger partial charge in [-0.05, 0) is 37.8 Å². The fraction of sp³-hybridized carbons (Fsp3) is 0.615. The lowest BCUT2D eigenvalue weighted by Crippen LogP contribution is -2.47. The average Bonchev–Trinajstić information content (AvgIpc) is 3.05. The molecule has 7 nitrogen and oxygen atoms in total. The van der Waals surface area contributed by atoms with Gasteiger partial charge in [0, 0.05) is 18.1 Å². The van der Waals surface area contributed by atoms with Gasteiger partial charge in [0.05, 0.1) is 7.11 Å². The Hall–Kier alpha value is -1.38. The van der Waals surface area contributed by atoms with Crippen molar-refractivity contribution in [3.63, 3.8) is 0 Å². The summed E-state index contributed by atoms with van der Waals surface area (Å²) in [7, 11) is -2.54. The second-order valence-electron chi connectivity index (χ2n) is 5.54. The first-order valence-corrected chi connectivity index (χ1v) is 8.43. The molecule has 2 aliphatic heterocycles. The Morgan fingerprint density at radius 3 is 2.62 bits per heavy atom. The van der Waals surface area contributed by atoms with Gasteiger partial charge in [-0.1, -0.05) is 0 Å². The number of carbonyl (C=O) groups is 1. The van der Waals surface area contributed by atoms with Gasteiger partial charge in [-0.2, -0.15) is 0 Å². The number of furan rings is 1. The Morgan fingerprint density at radius 1 is 1.33 bits per heavy atom. The maximum absolute atomic E-state index is 12.3. The third kappa shape index (κ3) is 2.97. The van der Waals surface area contributed by atoms with E-state index in [9.17, 15) is 13.2 Å². The van der Waals surface area contributed by atoms with Gasteiger partial charge in [0.25, 0.3) is 10.0 Å². The normalized spacial score (nSPS) is 28.5. The third-order valence-electron chi connectivity index (χ3n) is 4.03. The van der Waals surface area contributed by atoms with Crippen LogP contribution in [0.3, 0.4) is 0 Å². The molecule has 3 rings (SSSR count). The van der Waals surface area contributed by atoms with Gasteiger partial charge in [0.15, 0.2) is 0 Å². The molecule has 0 aromatic carbocycles. The number of methoxy groups -OCH3 is 1. The second kappa shape index (κ2) is 5.43. The van der Waals surface area contributed by atoms with E-state index in [1.165, 1.54) is 19.2 Å². The van der Waals surface area contributed by atoms with E-state index < -0.39 is 16.0 Å². The summed E-state index contributed by atoms with van der Waals surface area (Å²) < 4.78 is 36.8. The fourth-order valence-corrected chi connectivity index (χ4v) is 4.30. The molecule has 2 saturated heterocycles. The largest absolute Gasteiger partial charge is 0.463 e. The third-order valence-corrected chi connectivity index (χ3v) is 5.42. The van der Waals surface area contributed by atoms with Gasteiger partial charge in [0.2, 0.25) is 10.9 Å². The van der Waals surface area contributed by atoms with E-state index in [1.807, 2.05) is 0 Å². The Kier molecular flexibility index (Phi) is 3.76. The lowest BCUT2D eigenvalue weighted by atomic mass is 10.0. The summed E-state index contributed by atoms with van der Waals surface area (Å²) in [5.41, 5.74) is 0. The maximum Gasteiger partial charge on any atom is 0.374 e. The van der Waals surface area contributed by atoms with Crippen molar-refractivity contribution in [3.8, 4) is 0 Å². The Balaban J connectivity index is 1.72. The highest BCUT2D eigenvalue weighted by molar-refractivity contribution is 7.89. The van der Waals surface area contributed by atoms with Gasteiger partial charge in [-0.25, -0.2) is 17.9 Å². The van der Waals surface area contributed by atoms with Crippen molar-refractivity contribution in [2.45, 2.75) is 48.9 Å². The number of fused-ring (bicyclic) bond motifs is 2. The zero-order chi connectivity index (χ0) is 15.0. The molecule has 2 N–H and O–H groups in total. The second-order valence-corrected chi connectivity index (χ2v) is 7.18. The summed E-state index contributed by atoms with van der Waals surface area (Å²) in [6.07, 6.45) is 3.74. The van der Waals surface area contributed by atoms with Gasteiger partial charge >= 0.3 is 5.97 Å². The topological polar surface area (TPSA) is 97.6 Å². The number of nitrogens with one attached hydrogen (secondary N) is 2. The summed E-state index contributed by atoms with van der Waals surface area (Å²) in [4.78, 5) is 11.3. The van der Waals surface area contributed by atoms with Crippen LogP contribution in [-0.2, 0) is 14.8 Å². The maximum atomic E-state index is 12.3. The molecule has 0 amide bonds. The molecule has 2 aliphatic rings. The molecule has 1 aromatic heterocycles. The quantitative estimate of drug-likeness (QED) is 0.791. The zero-order valence-electron chi connectivity index (χ0n) is 11.7. The SMILES string of the molecule is COC(=O)c1ccc(S(=O)(=O)NC2CC3CCC(C2)N3)o1. The van der Waals surface area contributed by atoms with Crippen LogP contribution in [0.15, 0.2) is 21.6 Å². The van der Waals surface area contributed by atoms with Gasteiger partial charge < -0.3 is 14.5 Å². The number of ether oxygens (including phenoxy) is 1. The van der Waals surface area contributed by atoms with E-state index in [1.54, 1.807) is 0 Å². The molecular formula is C13H18N2O5S. The summed E-state index contributed by atoms with van der Waals surface area (Å²) in [6, 6.07) is 3.24. The van der Waals surface area contributed by atoms with Crippen LogP contribution in [0.5, 0.6) is 0 Å². The van der Waals surface area contributed by atoms with E-state index in [0.29, 0.717) is 12.1 Å². The van der Waals surface area contributed by atoms with Crippen molar-refractivity contribution < 1.29 is 22.4 Å². The first-order valence-electron chi connectivity index (χ1n) is 6.94. The lowest BCUT2D eigenvalue weighted by molar-refractivity contribution is 0.0559. The highest BCUT2D eigenvalue weighted by Gasteiger charge is 2.36. The number of sulfonamides is 1. The summed E-state index contributed by atoms with van der Waals surface area (Å²) >= 11 is 0. The molecule has 21 heavy (non-hydrogen) atoms. The average molecular weight is 314 g/mol. The molecule has 0 radical (unpaired) electrons. The Bertz CT molecular complexity index is 627. The number of carbonyl (C=O) groups excluding carboxylic acids is 1. The van der Waals surface area contributed by atoms with Crippen LogP contribution in [0.4, 0.5) is 0 Å². The predicted molar refractivity (Wildman–Crippen MR) is 73.3 cm³/mol. The Labute approximate surface area is 123 Å². The van der Waals surface area contributed by atoms with Gasteiger partial charge in [0.1, 0.15) is 0 Å². The summed E-state index contributed by atoms with van der Waals surface area (Å²) in [5.74, 6) is -0.820. The van der Waals surface area contributed by atoms with Crippen molar-refractivity contribution in [2.75, 3.05) is 7.11 Å². The van der Waals surface area contributed by atoms with Crippen molar-refractivity contribution in [1.82, 2.24) is 10.0 Å². The number of hydrogen-bond acceptors (Lipinski definition) is 6. The number of piperidine rings is 1. The van der Waals surface area contributed by atoms with Crippen LogP contribution < -0.4 is 10.0 Å². The van der Waals surface area contributed by atoms with E-state index in [2.05, 4.69) is 14.8 Å². The molecule has 2 atom stereocenters. The molecule has 1 aromatic rings. The minimum Gasteiger partial charge on any atom is -0.463 e. The smallest absolute Gasteiger partial charge is 0.374 e. The van der Waals surface area contributed by atoms with Crippen molar-refractivity contribution >= 4 is 16.0 Å². The molecular weight excluding hydrogens is 296 g/mol. The molecule has 2 bridgehead atoms. The van der Waals surface area contributed by atoms with Crippen molar-refractivity contribution in [1.29, 1.82) is 0 Å². The first-order chi connectivity index (χ1) is 9.98. The molecule has 116 valence electrons. The van der Waals surface area contributed by atoms with E-state index in [4.69, 9.17) is 4.42 Å². The standard InChI is InChI=1S/C13H18N2O5S/c1-19-13(16)11-4-5-12(20-11)21(17,18)15-10-6-8-2-3-9(7-10)14-8/h4-5,8-10,14-15H,2-3,6-7H2,1H3. The minimum absolute atomic E-state index is 0.0968. The summed E-state index contributed by atoms with van der Waals surface area (Å²) in [5, 5.41) is 3.20. The molecule has 3 heterocycles. The Morgan fingerprint density at radius 2 is 2.00 bits per heavy atom. The van der Waals surface area contributed by atoms with Crippen LogP contribution >= 0.6 is 0 Å². The number of esters is 1. The van der Waals surface area contributed by atoms with Gasteiger partial charge in [-0.3, -0.25) is 0 Å². The molecule has 0 aliphatic carbocycles. The zero-order valence-corrected chi connectivity index (χ0v) is 12.5. The highest BCUT2D eigenvalue weighted by Crippen LogP contribution is 2.28. The van der Waals surface area contributed by atoms with Crippen molar-refractivity contribution in [3.05, 3.63) is 17.9 Å². The summed E-state index contributed by atoms with van der Waals surface area (Å²) in [6.45, 7) is 0. The first kappa shape index (κ1) is 14.6. The minimum atomic E-state index is -3.75.